The molecule has 0 saturated carbocycles. The van der Waals surface area contributed by atoms with Gasteiger partial charge >= 0.3 is 0 Å². The molecule has 5 heteroatoms. The van der Waals surface area contributed by atoms with Gasteiger partial charge in [0.15, 0.2) is 6.54 Å². The van der Waals surface area contributed by atoms with Crippen LogP contribution < -0.4 is 10.2 Å². The lowest BCUT2D eigenvalue weighted by atomic mass is 10.3. The average Bonchev–Trinajstić information content (AvgIpc) is 2.84. The summed E-state index contributed by atoms with van der Waals surface area (Å²) in [6, 6.07) is 9.91. The molecule has 0 aliphatic rings. The number of halogens is 1. The Labute approximate surface area is 130 Å². The minimum absolute atomic E-state index is 0.0526. The molecule has 2 aromatic rings. The largest absolute Gasteiger partial charge is 0.326 e. The third-order valence-corrected chi connectivity index (χ3v) is 4.37. The summed E-state index contributed by atoms with van der Waals surface area (Å²) in [5.41, 5.74) is 2.17. The molecule has 0 saturated heterocycles. The van der Waals surface area contributed by atoms with Gasteiger partial charge < -0.3 is 10.2 Å². The first-order valence-electron chi connectivity index (χ1n) is 6.02. The van der Waals surface area contributed by atoms with Gasteiger partial charge in [0, 0.05) is 9.13 Å². The zero-order valence-electron chi connectivity index (χ0n) is 10.7. The summed E-state index contributed by atoms with van der Waals surface area (Å²) in [4.78, 5) is 13.2. The van der Waals surface area contributed by atoms with Crippen LogP contribution in [0.25, 0.3) is 0 Å². The number of thiophene rings is 1. The van der Waals surface area contributed by atoms with Gasteiger partial charge in [-0.15, -0.1) is 0 Å². The SMILES string of the molecule is C[NH+](CC(=O)Nc1ccccc1I)Cc1ccsc1. The molecular weight excluding hydrogens is 371 g/mol. The summed E-state index contributed by atoms with van der Waals surface area (Å²) in [7, 11) is 2.03. The van der Waals surface area contributed by atoms with Crippen molar-refractivity contribution >= 4 is 45.5 Å². The van der Waals surface area contributed by atoms with Gasteiger partial charge in [-0.05, 0) is 51.6 Å². The second-order valence-corrected chi connectivity index (χ2v) is 6.41. The Balaban J connectivity index is 1.86. The topological polar surface area (TPSA) is 33.5 Å². The fraction of sp³-hybridized carbons (Fsp3) is 0.214. The number of nitrogens with one attached hydrogen (secondary N) is 2. The highest BCUT2D eigenvalue weighted by molar-refractivity contribution is 14.1. The van der Waals surface area contributed by atoms with Gasteiger partial charge in [-0.3, -0.25) is 4.79 Å². The normalized spacial score (nSPS) is 12.1. The number of anilines is 1. The minimum atomic E-state index is 0.0526. The van der Waals surface area contributed by atoms with E-state index in [4.69, 9.17) is 0 Å². The summed E-state index contributed by atoms with van der Waals surface area (Å²) in [5, 5.41) is 7.15. The Morgan fingerprint density at radius 2 is 2.16 bits per heavy atom. The van der Waals surface area contributed by atoms with Gasteiger partial charge in [0.25, 0.3) is 5.91 Å². The fourth-order valence-electron chi connectivity index (χ4n) is 1.84. The van der Waals surface area contributed by atoms with Crippen LogP contribution in [0.4, 0.5) is 5.69 Å². The van der Waals surface area contributed by atoms with Crippen LogP contribution in [0, 0.1) is 3.57 Å². The van der Waals surface area contributed by atoms with Crippen LogP contribution in [0.2, 0.25) is 0 Å². The molecule has 0 bridgehead atoms. The van der Waals surface area contributed by atoms with E-state index in [-0.39, 0.29) is 5.91 Å². The minimum Gasteiger partial charge on any atom is -0.326 e. The van der Waals surface area contributed by atoms with E-state index >= 15 is 0 Å². The van der Waals surface area contributed by atoms with Crippen LogP contribution in [0.3, 0.4) is 0 Å². The van der Waals surface area contributed by atoms with Gasteiger partial charge in [0.05, 0.1) is 12.7 Å². The summed E-state index contributed by atoms with van der Waals surface area (Å²) in [6.07, 6.45) is 0. The smallest absolute Gasteiger partial charge is 0.279 e. The summed E-state index contributed by atoms with van der Waals surface area (Å²) >= 11 is 3.92. The Morgan fingerprint density at radius 3 is 2.84 bits per heavy atom. The number of carbonyl (C=O) groups excluding carboxylic acids is 1. The Kier molecular flexibility index (Phi) is 5.35. The molecule has 1 heterocycles. The molecule has 0 fully saturated rings. The number of likely N-dealkylation sites (N-methyl/N-ethyl adjacent to an activating group) is 1. The van der Waals surface area contributed by atoms with E-state index in [1.807, 2.05) is 31.3 Å². The molecule has 0 radical (unpaired) electrons. The first kappa shape index (κ1) is 14.5. The van der Waals surface area contributed by atoms with Crippen molar-refractivity contribution in [3.8, 4) is 0 Å². The molecule has 2 rings (SSSR count). The number of para-hydroxylation sites is 1. The number of carbonyl (C=O) groups is 1. The van der Waals surface area contributed by atoms with Crippen molar-refractivity contribution in [2.24, 2.45) is 0 Å². The van der Waals surface area contributed by atoms with Crippen LogP contribution in [0.5, 0.6) is 0 Å². The number of quaternary nitrogens is 1. The van der Waals surface area contributed by atoms with Crippen LogP contribution in [0.1, 0.15) is 5.56 Å². The Morgan fingerprint density at radius 1 is 1.37 bits per heavy atom. The maximum Gasteiger partial charge on any atom is 0.279 e. The lowest BCUT2D eigenvalue weighted by Crippen LogP contribution is -3.08. The zero-order chi connectivity index (χ0) is 13.7. The number of hydrogen-bond acceptors (Lipinski definition) is 2. The van der Waals surface area contributed by atoms with Gasteiger partial charge in [0.2, 0.25) is 0 Å². The van der Waals surface area contributed by atoms with E-state index in [2.05, 4.69) is 44.7 Å². The third-order valence-electron chi connectivity index (χ3n) is 2.70. The lowest BCUT2D eigenvalue weighted by molar-refractivity contribution is -0.885. The van der Waals surface area contributed by atoms with E-state index in [1.54, 1.807) is 11.3 Å². The van der Waals surface area contributed by atoms with Crippen molar-refractivity contribution in [3.63, 3.8) is 0 Å². The van der Waals surface area contributed by atoms with Crippen LogP contribution in [0.15, 0.2) is 41.1 Å². The van der Waals surface area contributed by atoms with Crippen LogP contribution in [-0.4, -0.2) is 19.5 Å². The van der Waals surface area contributed by atoms with Crippen LogP contribution in [-0.2, 0) is 11.3 Å². The quantitative estimate of drug-likeness (QED) is 0.757. The van der Waals surface area contributed by atoms with Crippen LogP contribution >= 0.6 is 33.9 Å². The molecule has 1 aromatic carbocycles. The molecule has 1 atom stereocenters. The maximum absolute atomic E-state index is 12.0. The summed E-state index contributed by atoms with van der Waals surface area (Å²) in [6.45, 7) is 1.35. The third kappa shape index (κ3) is 4.59. The van der Waals surface area contributed by atoms with Crippen molar-refractivity contribution in [2.45, 2.75) is 6.54 Å². The summed E-state index contributed by atoms with van der Waals surface area (Å²) in [5.74, 6) is 0.0526. The van der Waals surface area contributed by atoms with E-state index in [9.17, 15) is 4.79 Å². The van der Waals surface area contributed by atoms with Crippen molar-refractivity contribution in [3.05, 3.63) is 50.2 Å². The molecule has 1 amide bonds. The number of benzene rings is 1. The van der Waals surface area contributed by atoms with Gasteiger partial charge in [-0.1, -0.05) is 12.1 Å². The zero-order valence-corrected chi connectivity index (χ0v) is 13.6. The highest BCUT2D eigenvalue weighted by Crippen LogP contribution is 2.16. The lowest BCUT2D eigenvalue weighted by Gasteiger charge is -2.13. The van der Waals surface area contributed by atoms with Crippen molar-refractivity contribution in [1.82, 2.24) is 0 Å². The molecule has 0 aliphatic heterocycles. The molecule has 1 unspecified atom stereocenters. The maximum atomic E-state index is 12.0. The molecule has 0 aliphatic carbocycles. The first-order valence-corrected chi connectivity index (χ1v) is 8.04. The second-order valence-electron chi connectivity index (χ2n) is 4.47. The Bertz CT molecular complexity index is 542. The molecular formula is C14H16IN2OS+. The first-order chi connectivity index (χ1) is 9.15. The molecule has 2 N–H and O–H groups in total. The Hall–Kier alpha value is -0.920. The van der Waals surface area contributed by atoms with Gasteiger partial charge in [0.1, 0.15) is 6.54 Å². The molecule has 0 spiro atoms. The van der Waals surface area contributed by atoms with Crippen molar-refractivity contribution < 1.29 is 9.69 Å². The number of amides is 1. The van der Waals surface area contributed by atoms with Crippen molar-refractivity contribution in [2.75, 3.05) is 18.9 Å². The second kappa shape index (κ2) is 7.02. The van der Waals surface area contributed by atoms with Gasteiger partial charge in [-0.2, -0.15) is 11.3 Å². The molecule has 1 aromatic heterocycles. The number of rotatable bonds is 5. The van der Waals surface area contributed by atoms with Gasteiger partial charge in [-0.25, -0.2) is 0 Å². The number of hydrogen-bond donors (Lipinski definition) is 2. The fourth-order valence-corrected chi connectivity index (χ4v) is 3.03. The molecule has 19 heavy (non-hydrogen) atoms. The highest BCUT2D eigenvalue weighted by Gasteiger charge is 2.11. The van der Waals surface area contributed by atoms with E-state index in [0.717, 1.165) is 15.8 Å². The summed E-state index contributed by atoms with van der Waals surface area (Å²) < 4.78 is 1.06. The monoisotopic (exact) mass is 387 g/mol. The predicted molar refractivity (Wildman–Crippen MR) is 87.6 cm³/mol. The average molecular weight is 387 g/mol. The standard InChI is InChI=1S/C14H15IN2OS/c1-17(8-11-6-7-19-10-11)9-14(18)16-13-5-3-2-4-12(13)15/h2-7,10H,8-9H2,1H3,(H,16,18)/p+1. The molecule has 100 valence electrons. The van der Waals surface area contributed by atoms with E-state index in [1.165, 1.54) is 10.5 Å². The highest BCUT2D eigenvalue weighted by atomic mass is 127. The predicted octanol–water partition coefficient (Wildman–Crippen LogP) is 2.01. The van der Waals surface area contributed by atoms with E-state index < -0.39 is 0 Å². The molecule has 3 nitrogen and oxygen atoms in total. The van der Waals surface area contributed by atoms with E-state index in [0.29, 0.717) is 6.54 Å². The van der Waals surface area contributed by atoms with Crippen molar-refractivity contribution in [1.29, 1.82) is 0 Å².